The van der Waals surface area contributed by atoms with Crippen LogP contribution in [0.2, 0.25) is 12.6 Å². The zero-order valence-corrected chi connectivity index (χ0v) is 18.2. The normalized spacial score (nSPS) is 23.2. The number of rotatable bonds is 8. The molecule has 154 valence electrons. The van der Waals surface area contributed by atoms with E-state index in [1.165, 1.54) is 28.7 Å². The van der Waals surface area contributed by atoms with Gasteiger partial charge in [-0.1, -0.05) is 30.8 Å². The van der Waals surface area contributed by atoms with Gasteiger partial charge in [-0.25, -0.2) is 0 Å². The Hall–Kier alpha value is -1.89. The second-order valence-corrected chi connectivity index (χ2v) is 11.6. The first-order chi connectivity index (χ1) is 13.2. The smallest absolute Gasteiger partial charge is 0.387 e. The molecular weight excluding hydrogens is 380 g/mol. The van der Waals surface area contributed by atoms with Gasteiger partial charge in [-0.2, -0.15) is 8.78 Å². The fourth-order valence-corrected chi connectivity index (χ4v) is 5.33. The number of allylic oxidation sites excluding steroid dienone is 4. The number of nitrogens with zero attached hydrogens (tertiary/aromatic N) is 1. The van der Waals surface area contributed by atoms with Gasteiger partial charge in [0.05, 0.1) is 20.8 Å². The van der Waals surface area contributed by atoms with Crippen LogP contribution >= 0.6 is 0 Å². The molecule has 0 N–H and O–H groups in total. The second kappa shape index (κ2) is 8.23. The van der Waals surface area contributed by atoms with Crippen LogP contribution in [0.1, 0.15) is 38.7 Å². The molecule has 0 aliphatic heterocycles. The van der Waals surface area contributed by atoms with Crippen LogP contribution in [0, 0.1) is 5.92 Å². The van der Waals surface area contributed by atoms with E-state index in [0.29, 0.717) is 12.5 Å². The van der Waals surface area contributed by atoms with Crippen molar-refractivity contribution >= 4 is 8.80 Å². The lowest BCUT2D eigenvalue weighted by Crippen LogP contribution is -2.34. The lowest BCUT2D eigenvalue weighted by atomic mass is 9.76. The molecule has 0 amide bonds. The molecule has 0 spiro atoms. The largest absolute Gasteiger partial charge is 0.497 e. The Morgan fingerprint density at radius 3 is 2.68 bits per heavy atom. The molecule has 0 saturated heterocycles. The van der Waals surface area contributed by atoms with Crippen molar-refractivity contribution < 1.29 is 18.3 Å². The van der Waals surface area contributed by atoms with Gasteiger partial charge in [-0.3, -0.25) is 4.79 Å². The Morgan fingerprint density at radius 1 is 1.36 bits per heavy atom. The average Bonchev–Trinajstić information content (AvgIpc) is 3.47. The average molecular weight is 410 g/mol. The van der Waals surface area contributed by atoms with Crippen molar-refractivity contribution in [3.8, 4) is 5.75 Å². The summed E-state index contributed by atoms with van der Waals surface area (Å²) in [7, 11) is 0.521. The fourth-order valence-electron chi connectivity index (χ4n) is 3.63. The summed E-state index contributed by atoms with van der Waals surface area (Å²) in [6.07, 6.45) is 9.10. The van der Waals surface area contributed by atoms with Gasteiger partial charge in [-0.15, -0.1) is 0 Å². The van der Waals surface area contributed by atoms with Crippen LogP contribution in [0.15, 0.2) is 40.2 Å². The molecule has 2 atom stereocenters. The lowest BCUT2D eigenvalue weighted by molar-refractivity contribution is -0.0511. The predicted molar refractivity (Wildman–Crippen MR) is 109 cm³/mol. The minimum Gasteiger partial charge on any atom is -0.497 e. The summed E-state index contributed by atoms with van der Waals surface area (Å²) >= 11 is 0. The quantitative estimate of drug-likeness (QED) is 0.601. The summed E-state index contributed by atoms with van der Waals surface area (Å²) in [5, 5.41) is 1.42. The van der Waals surface area contributed by atoms with Gasteiger partial charge in [0.2, 0.25) is 0 Å². The maximum Gasteiger partial charge on any atom is 0.387 e. The second-order valence-electron chi connectivity index (χ2n) is 8.23. The number of aromatic nitrogens is 1. The van der Waals surface area contributed by atoms with Crippen molar-refractivity contribution in [2.45, 2.75) is 57.7 Å². The van der Waals surface area contributed by atoms with Crippen LogP contribution < -0.4 is 10.3 Å². The van der Waals surface area contributed by atoms with E-state index in [0.717, 1.165) is 23.8 Å². The summed E-state index contributed by atoms with van der Waals surface area (Å²) in [6.45, 7) is 4.24. The number of hydrogen-bond acceptors (Lipinski definition) is 3. The Balaban J connectivity index is 2.02. The van der Waals surface area contributed by atoms with Crippen molar-refractivity contribution in [2.75, 3.05) is 6.61 Å². The van der Waals surface area contributed by atoms with Crippen LogP contribution in [0.5, 0.6) is 5.75 Å². The van der Waals surface area contributed by atoms with Gasteiger partial charge in [-0.05, 0) is 49.8 Å². The number of hydrogen-bond donors (Lipinski definition) is 0. The molecule has 0 bridgehead atoms. The minimum atomic E-state index is -3.04. The lowest BCUT2D eigenvalue weighted by Gasteiger charge is -2.37. The maximum atomic E-state index is 12.8. The van der Waals surface area contributed by atoms with Crippen molar-refractivity contribution in [2.24, 2.45) is 13.0 Å². The standard InChI is InChI=1S/C21H29F2NO3Si/c1-5-28(4)16-8-9-18(26-13-14-6-7-14)21(2,11-16)15-10-17(27-20(22)23)19(25)24(3)12-15/h8-10,12,14,20,28H,5-7,11,13H2,1-4H3/t21?,28-/m1/s1. The highest BCUT2D eigenvalue weighted by molar-refractivity contribution is 6.65. The number of ether oxygens (including phenoxy) is 2. The Bertz CT molecular complexity index is 845. The molecule has 1 aromatic rings. The number of aryl methyl sites for hydroxylation is 1. The van der Waals surface area contributed by atoms with Gasteiger partial charge in [0, 0.05) is 13.2 Å². The van der Waals surface area contributed by atoms with Gasteiger partial charge in [0.15, 0.2) is 5.75 Å². The molecule has 1 aromatic heterocycles. The Kier molecular flexibility index (Phi) is 6.12. The third kappa shape index (κ3) is 4.40. The summed E-state index contributed by atoms with van der Waals surface area (Å²) in [4.78, 5) is 12.2. The van der Waals surface area contributed by atoms with Crippen molar-refractivity contribution in [3.05, 3.63) is 51.3 Å². The van der Waals surface area contributed by atoms with Crippen molar-refractivity contribution in [3.63, 3.8) is 0 Å². The van der Waals surface area contributed by atoms with Crippen LogP contribution in [0.25, 0.3) is 0 Å². The van der Waals surface area contributed by atoms with Gasteiger partial charge in [0.1, 0.15) is 5.76 Å². The molecule has 0 radical (unpaired) electrons. The topological polar surface area (TPSA) is 40.5 Å². The van der Waals surface area contributed by atoms with E-state index in [1.807, 2.05) is 6.08 Å². The first-order valence-electron chi connectivity index (χ1n) is 9.94. The molecule has 1 saturated carbocycles. The minimum absolute atomic E-state index is 0.324. The summed E-state index contributed by atoms with van der Waals surface area (Å²) in [5.74, 6) is 1.12. The molecule has 1 fully saturated rings. The van der Waals surface area contributed by atoms with E-state index in [-0.39, 0.29) is 5.75 Å². The Morgan fingerprint density at radius 2 is 2.07 bits per heavy atom. The Labute approximate surface area is 166 Å². The third-order valence-corrected chi connectivity index (χ3v) is 8.86. The molecule has 1 heterocycles. The van der Waals surface area contributed by atoms with Crippen molar-refractivity contribution in [1.29, 1.82) is 0 Å². The van der Waals surface area contributed by atoms with E-state index < -0.39 is 26.4 Å². The zero-order valence-electron chi connectivity index (χ0n) is 17.0. The SMILES string of the molecule is CC[Si@@H](C)C1=CC=C(OCC2CC2)C(C)(c2cc(OC(F)F)c(=O)n(C)c2)C1. The van der Waals surface area contributed by atoms with E-state index in [9.17, 15) is 13.6 Å². The fraction of sp³-hybridized carbons (Fsp3) is 0.571. The van der Waals surface area contributed by atoms with E-state index >= 15 is 0 Å². The van der Waals surface area contributed by atoms with Crippen LogP contribution in [-0.4, -0.2) is 26.6 Å². The number of pyridine rings is 1. The van der Waals surface area contributed by atoms with Gasteiger partial charge in [0.25, 0.3) is 5.56 Å². The van der Waals surface area contributed by atoms with Gasteiger partial charge < -0.3 is 14.0 Å². The number of halogens is 2. The summed E-state index contributed by atoms with van der Waals surface area (Å²) in [5.41, 5.74) is -0.323. The monoisotopic (exact) mass is 409 g/mol. The molecule has 2 aliphatic rings. The summed E-state index contributed by atoms with van der Waals surface area (Å²) < 4.78 is 37.6. The molecule has 1 unspecified atom stereocenters. The first kappa shape index (κ1) is 20.8. The van der Waals surface area contributed by atoms with E-state index in [2.05, 4.69) is 31.2 Å². The predicted octanol–water partition coefficient (Wildman–Crippen LogP) is 4.30. The van der Waals surface area contributed by atoms with Crippen LogP contribution in [0.4, 0.5) is 8.78 Å². The molecule has 4 nitrogen and oxygen atoms in total. The zero-order chi connectivity index (χ0) is 20.5. The van der Waals surface area contributed by atoms with Crippen LogP contribution in [0.3, 0.4) is 0 Å². The highest BCUT2D eigenvalue weighted by Gasteiger charge is 2.38. The first-order valence-corrected chi connectivity index (χ1v) is 12.5. The van der Waals surface area contributed by atoms with Crippen molar-refractivity contribution in [1.82, 2.24) is 4.57 Å². The van der Waals surface area contributed by atoms with Crippen LogP contribution in [-0.2, 0) is 17.2 Å². The molecule has 28 heavy (non-hydrogen) atoms. The highest BCUT2D eigenvalue weighted by Crippen LogP contribution is 2.43. The van der Waals surface area contributed by atoms with E-state index in [4.69, 9.17) is 4.74 Å². The number of alkyl halides is 2. The third-order valence-electron chi connectivity index (χ3n) is 5.97. The molecule has 7 heteroatoms. The highest BCUT2D eigenvalue weighted by atomic mass is 28.3. The van der Waals surface area contributed by atoms with Gasteiger partial charge >= 0.3 is 6.61 Å². The molecular formula is C21H29F2NO3Si. The molecule has 3 rings (SSSR count). The van der Waals surface area contributed by atoms with E-state index in [1.54, 1.807) is 13.2 Å². The maximum absolute atomic E-state index is 12.8. The molecule has 0 aromatic carbocycles. The molecule has 2 aliphatic carbocycles. The summed E-state index contributed by atoms with van der Waals surface area (Å²) in [6, 6.07) is 2.62.